The Balaban J connectivity index is 2.49. The van der Waals surface area contributed by atoms with Gasteiger partial charge in [-0.25, -0.2) is 0 Å². The molecule has 0 spiro atoms. The van der Waals surface area contributed by atoms with E-state index in [0.29, 0.717) is 6.54 Å². The van der Waals surface area contributed by atoms with Crippen molar-refractivity contribution < 1.29 is 14.7 Å². The van der Waals surface area contributed by atoms with Gasteiger partial charge < -0.3 is 16.2 Å². The third-order valence-electron chi connectivity index (χ3n) is 2.46. The zero-order chi connectivity index (χ0) is 13.5. The molecule has 1 atom stereocenters. The molecule has 98 valence electrons. The lowest BCUT2D eigenvalue weighted by Gasteiger charge is -2.14. The summed E-state index contributed by atoms with van der Waals surface area (Å²) in [5.41, 5.74) is 6.24. The molecule has 4 N–H and O–H groups in total. The van der Waals surface area contributed by atoms with Gasteiger partial charge in [0.15, 0.2) is 0 Å². The van der Waals surface area contributed by atoms with Crippen LogP contribution in [0, 0.1) is 3.57 Å². The first kappa shape index (κ1) is 14.9. The summed E-state index contributed by atoms with van der Waals surface area (Å²) in [4.78, 5) is 21.6. The molecule has 6 heteroatoms. The maximum absolute atomic E-state index is 11.2. The maximum atomic E-state index is 11.2. The number of carbonyl (C=O) groups excluding carboxylic acids is 1. The summed E-state index contributed by atoms with van der Waals surface area (Å²) in [7, 11) is 0. The Morgan fingerprint density at radius 3 is 2.44 bits per heavy atom. The van der Waals surface area contributed by atoms with Crippen LogP contribution in [-0.2, 0) is 16.1 Å². The molecule has 0 bridgehead atoms. The molecule has 18 heavy (non-hydrogen) atoms. The zero-order valence-electron chi connectivity index (χ0n) is 9.73. The molecule has 0 aliphatic carbocycles. The van der Waals surface area contributed by atoms with Crippen LogP contribution in [-0.4, -0.2) is 23.0 Å². The number of carbonyl (C=O) groups is 2. The van der Waals surface area contributed by atoms with Crippen LogP contribution in [0.3, 0.4) is 0 Å². The fourth-order valence-electron chi connectivity index (χ4n) is 1.46. The SMILES string of the molecule is NC(=O)[C@H](CCC(=O)O)NCc1ccc(I)cc1. The third kappa shape index (κ3) is 5.46. The topological polar surface area (TPSA) is 92.4 Å². The van der Waals surface area contributed by atoms with E-state index >= 15 is 0 Å². The van der Waals surface area contributed by atoms with Gasteiger partial charge in [-0.05, 0) is 46.7 Å². The van der Waals surface area contributed by atoms with Crippen LogP contribution in [0.2, 0.25) is 0 Å². The van der Waals surface area contributed by atoms with Gasteiger partial charge in [0, 0.05) is 16.5 Å². The van der Waals surface area contributed by atoms with E-state index in [0.717, 1.165) is 9.13 Å². The van der Waals surface area contributed by atoms with Gasteiger partial charge in [0.1, 0.15) is 0 Å². The Morgan fingerprint density at radius 2 is 1.94 bits per heavy atom. The quantitative estimate of drug-likeness (QED) is 0.634. The third-order valence-corrected chi connectivity index (χ3v) is 3.18. The van der Waals surface area contributed by atoms with Crippen molar-refractivity contribution in [1.29, 1.82) is 0 Å². The first-order chi connectivity index (χ1) is 8.49. The van der Waals surface area contributed by atoms with Crippen LogP contribution < -0.4 is 11.1 Å². The van der Waals surface area contributed by atoms with Crippen molar-refractivity contribution in [1.82, 2.24) is 5.32 Å². The van der Waals surface area contributed by atoms with E-state index in [9.17, 15) is 9.59 Å². The highest BCUT2D eigenvalue weighted by atomic mass is 127. The van der Waals surface area contributed by atoms with Crippen LogP contribution in [0.1, 0.15) is 18.4 Å². The van der Waals surface area contributed by atoms with Crippen LogP contribution in [0.25, 0.3) is 0 Å². The Kier molecular flexibility index (Phi) is 6.06. The second kappa shape index (κ2) is 7.32. The number of rotatable bonds is 7. The van der Waals surface area contributed by atoms with Crippen molar-refractivity contribution in [2.24, 2.45) is 5.73 Å². The van der Waals surface area contributed by atoms with E-state index in [1.165, 1.54) is 0 Å². The van der Waals surface area contributed by atoms with E-state index < -0.39 is 17.9 Å². The molecule has 0 heterocycles. The van der Waals surface area contributed by atoms with E-state index in [1.54, 1.807) is 0 Å². The second-order valence-corrected chi connectivity index (χ2v) is 5.14. The number of halogens is 1. The molecule has 0 aromatic heterocycles. The van der Waals surface area contributed by atoms with Crippen molar-refractivity contribution >= 4 is 34.5 Å². The normalized spacial score (nSPS) is 12.1. The highest BCUT2D eigenvalue weighted by Gasteiger charge is 2.15. The van der Waals surface area contributed by atoms with Crippen molar-refractivity contribution in [3.63, 3.8) is 0 Å². The van der Waals surface area contributed by atoms with Gasteiger partial charge in [-0.2, -0.15) is 0 Å². The average Bonchev–Trinajstić information content (AvgIpc) is 2.30. The molecule has 0 aliphatic heterocycles. The minimum Gasteiger partial charge on any atom is -0.481 e. The average molecular weight is 362 g/mol. The summed E-state index contributed by atoms with van der Waals surface area (Å²) in [6, 6.07) is 7.22. The molecule has 0 aliphatic rings. The van der Waals surface area contributed by atoms with Crippen molar-refractivity contribution in [3.8, 4) is 0 Å². The molecule has 1 amide bonds. The van der Waals surface area contributed by atoms with Gasteiger partial charge >= 0.3 is 5.97 Å². The first-order valence-corrected chi connectivity index (χ1v) is 6.56. The monoisotopic (exact) mass is 362 g/mol. The molecule has 0 fully saturated rings. The van der Waals surface area contributed by atoms with Crippen LogP contribution in [0.5, 0.6) is 0 Å². The number of carboxylic acids is 1. The molecule has 0 saturated carbocycles. The van der Waals surface area contributed by atoms with Crippen molar-refractivity contribution in [2.45, 2.75) is 25.4 Å². The highest BCUT2D eigenvalue weighted by molar-refractivity contribution is 14.1. The van der Waals surface area contributed by atoms with Crippen LogP contribution in [0.4, 0.5) is 0 Å². The molecule has 1 aromatic rings. The summed E-state index contributed by atoms with van der Waals surface area (Å²) in [5, 5.41) is 11.5. The molecule has 0 radical (unpaired) electrons. The lowest BCUT2D eigenvalue weighted by Crippen LogP contribution is -2.41. The Bertz CT molecular complexity index is 420. The van der Waals surface area contributed by atoms with Gasteiger partial charge in [0.05, 0.1) is 6.04 Å². The number of hydrogen-bond acceptors (Lipinski definition) is 3. The highest BCUT2D eigenvalue weighted by Crippen LogP contribution is 2.07. The predicted octanol–water partition coefficient (Wildman–Crippen LogP) is 1.10. The number of benzene rings is 1. The van der Waals surface area contributed by atoms with Gasteiger partial charge in [0.2, 0.25) is 5.91 Å². The number of hydrogen-bond donors (Lipinski definition) is 3. The van der Waals surface area contributed by atoms with Crippen LogP contribution in [0.15, 0.2) is 24.3 Å². The fourth-order valence-corrected chi connectivity index (χ4v) is 1.82. The minimum atomic E-state index is -0.933. The Labute approximate surface area is 119 Å². The summed E-state index contributed by atoms with van der Waals surface area (Å²) >= 11 is 2.21. The summed E-state index contributed by atoms with van der Waals surface area (Å²) in [6.07, 6.45) is 0.127. The molecule has 1 aromatic carbocycles. The van der Waals surface area contributed by atoms with Gasteiger partial charge in [-0.3, -0.25) is 9.59 Å². The van der Waals surface area contributed by atoms with Gasteiger partial charge in [-0.15, -0.1) is 0 Å². The predicted molar refractivity (Wildman–Crippen MR) is 75.9 cm³/mol. The zero-order valence-corrected chi connectivity index (χ0v) is 11.9. The van der Waals surface area contributed by atoms with Crippen LogP contribution >= 0.6 is 22.6 Å². The smallest absolute Gasteiger partial charge is 0.303 e. The van der Waals surface area contributed by atoms with Crippen molar-refractivity contribution in [2.75, 3.05) is 0 Å². The lowest BCUT2D eigenvalue weighted by molar-refractivity contribution is -0.137. The molecule has 0 saturated heterocycles. The van der Waals surface area contributed by atoms with E-state index in [4.69, 9.17) is 10.8 Å². The molecule has 5 nitrogen and oxygen atoms in total. The number of carboxylic acid groups (broad SMARTS) is 1. The maximum Gasteiger partial charge on any atom is 0.303 e. The fraction of sp³-hybridized carbons (Fsp3) is 0.333. The molecular weight excluding hydrogens is 347 g/mol. The van der Waals surface area contributed by atoms with Gasteiger partial charge in [-0.1, -0.05) is 12.1 Å². The summed E-state index contributed by atoms with van der Waals surface area (Å²) in [5.74, 6) is -1.46. The summed E-state index contributed by atoms with van der Waals surface area (Å²) < 4.78 is 1.13. The Hall–Kier alpha value is -1.15. The lowest BCUT2D eigenvalue weighted by atomic mass is 10.1. The van der Waals surface area contributed by atoms with Gasteiger partial charge in [0.25, 0.3) is 0 Å². The number of amides is 1. The molecule has 1 rings (SSSR count). The number of nitrogens with two attached hydrogens (primary N) is 1. The number of aliphatic carboxylic acids is 1. The number of primary amides is 1. The molecule has 0 unspecified atom stereocenters. The van der Waals surface area contributed by atoms with E-state index in [-0.39, 0.29) is 12.8 Å². The number of nitrogens with one attached hydrogen (secondary N) is 1. The van der Waals surface area contributed by atoms with E-state index in [1.807, 2.05) is 24.3 Å². The second-order valence-electron chi connectivity index (χ2n) is 3.89. The largest absolute Gasteiger partial charge is 0.481 e. The minimum absolute atomic E-state index is 0.0761. The van der Waals surface area contributed by atoms with E-state index in [2.05, 4.69) is 27.9 Å². The first-order valence-electron chi connectivity index (χ1n) is 5.48. The van der Waals surface area contributed by atoms with Crippen molar-refractivity contribution in [3.05, 3.63) is 33.4 Å². The standard InChI is InChI=1S/C12H15IN2O3/c13-9-3-1-8(2-4-9)7-15-10(12(14)18)5-6-11(16)17/h1-4,10,15H,5-7H2,(H2,14,18)(H,16,17)/t10-/m0/s1. The Morgan fingerprint density at radius 1 is 1.33 bits per heavy atom. The molecular formula is C12H15IN2O3. The summed E-state index contributed by atoms with van der Waals surface area (Å²) in [6.45, 7) is 0.490.